The average molecular weight is 387 g/mol. The molecule has 7 heteroatoms. The number of hydrogen-bond acceptors (Lipinski definition) is 5. The minimum absolute atomic E-state index is 0.331. The van der Waals surface area contributed by atoms with Gasteiger partial charge in [-0.25, -0.2) is 4.79 Å². The second kappa shape index (κ2) is 10.2. The fourth-order valence-electron chi connectivity index (χ4n) is 2.34. The largest absolute Gasteiger partial charge is 0.493 e. The van der Waals surface area contributed by atoms with Gasteiger partial charge < -0.3 is 24.6 Å². The van der Waals surface area contributed by atoms with Crippen molar-refractivity contribution in [2.75, 3.05) is 25.6 Å². The summed E-state index contributed by atoms with van der Waals surface area (Å²) in [5, 5.41) is 11.4. The van der Waals surface area contributed by atoms with E-state index in [1.807, 2.05) is 0 Å². The van der Waals surface area contributed by atoms with E-state index in [-0.39, 0.29) is 5.91 Å². The third kappa shape index (κ3) is 6.50. The standard InChI is InChI=1S/C21H25NO6/c1-14(2)9-10-27-18-8-7-15(11-19(18)26-3)21(25)22-16-5-4-6-17(12-16)28-13-20(23)24/h4-8,11-12,14H,9-10,13H2,1-3H3,(H,22,25)(H,23,24). The van der Waals surface area contributed by atoms with Crippen LogP contribution >= 0.6 is 0 Å². The number of methoxy groups -OCH3 is 1. The van der Waals surface area contributed by atoms with E-state index in [4.69, 9.17) is 19.3 Å². The Hall–Kier alpha value is -3.22. The van der Waals surface area contributed by atoms with Crippen molar-refractivity contribution in [3.63, 3.8) is 0 Å². The van der Waals surface area contributed by atoms with E-state index in [0.29, 0.717) is 41.0 Å². The van der Waals surface area contributed by atoms with Gasteiger partial charge in [-0.3, -0.25) is 4.79 Å². The molecule has 0 heterocycles. The molecule has 28 heavy (non-hydrogen) atoms. The zero-order valence-corrected chi connectivity index (χ0v) is 16.2. The Balaban J connectivity index is 2.05. The van der Waals surface area contributed by atoms with Crippen LogP contribution in [0.5, 0.6) is 17.2 Å². The molecule has 0 saturated heterocycles. The topological polar surface area (TPSA) is 94.1 Å². The Kier molecular flexibility index (Phi) is 7.68. The van der Waals surface area contributed by atoms with Crippen LogP contribution in [0.1, 0.15) is 30.6 Å². The maximum atomic E-state index is 12.5. The zero-order valence-electron chi connectivity index (χ0n) is 16.2. The molecule has 0 atom stereocenters. The van der Waals surface area contributed by atoms with Gasteiger partial charge in [0.2, 0.25) is 0 Å². The molecule has 2 N–H and O–H groups in total. The van der Waals surface area contributed by atoms with Gasteiger partial charge in [-0.15, -0.1) is 0 Å². The summed E-state index contributed by atoms with van der Waals surface area (Å²) >= 11 is 0. The van der Waals surface area contributed by atoms with Gasteiger partial charge in [-0.05, 0) is 42.7 Å². The number of ether oxygens (including phenoxy) is 3. The molecule has 0 aliphatic rings. The monoisotopic (exact) mass is 387 g/mol. The van der Waals surface area contributed by atoms with Crippen LogP contribution in [-0.2, 0) is 4.79 Å². The summed E-state index contributed by atoms with van der Waals surface area (Å²) in [5.41, 5.74) is 0.897. The number of carbonyl (C=O) groups is 2. The van der Waals surface area contributed by atoms with Crippen molar-refractivity contribution in [3.05, 3.63) is 48.0 Å². The van der Waals surface area contributed by atoms with Crippen molar-refractivity contribution < 1.29 is 28.9 Å². The van der Waals surface area contributed by atoms with Gasteiger partial charge in [0, 0.05) is 17.3 Å². The molecule has 7 nitrogen and oxygen atoms in total. The maximum absolute atomic E-state index is 12.5. The molecule has 0 fully saturated rings. The predicted molar refractivity (Wildman–Crippen MR) is 105 cm³/mol. The number of aliphatic carboxylic acids is 1. The van der Waals surface area contributed by atoms with Crippen molar-refractivity contribution in [2.45, 2.75) is 20.3 Å². The van der Waals surface area contributed by atoms with Crippen molar-refractivity contribution in [3.8, 4) is 17.2 Å². The van der Waals surface area contributed by atoms with E-state index in [2.05, 4.69) is 19.2 Å². The first-order valence-corrected chi connectivity index (χ1v) is 8.96. The fraction of sp³-hybridized carbons (Fsp3) is 0.333. The number of carboxylic acid groups (broad SMARTS) is 1. The number of carboxylic acids is 1. The highest BCUT2D eigenvalue weighted by atomic mass is 16.5. The lowest BCUT2D eigenvalue weighted by atomic mass is 10.1. The molecule has 0 spiro atoms. The Bertz CT molecular complexity index is 818. The van der Waals surface area contributed by atoms with Gasteiger partial charge >= 0.3 is 5.97 Å². The number of rotatable bonds is 10. The predicted octanol–water partition coefficient (Wildman–Crippen LogP) is 3.84. The minimum atomic E-state index is -1.07. The first kappa shape index (κ1) is 21.1. The van der Waals surface area contributed by atoms with Crippen LogP contribution in [0.25, 0.3) is 0 Å². The second-order valence-corrected chi connectivity index (χ2v) is 6.56. The lowest BCUT2D eigenvalue weighted by molar-refractivity contribution is -0.139. The zero-order chi connectivity index (χ0) is 20.5. The normalized spacial score (nSPS) is 10.4. The van der Waals surface area contributed by atoms with Crippen molar-refractivity contribution in [2.24, 2.45) is 5.92 Å². The number of nitrogens with one attached hydrogen (secondary N) is 1. The first-order chi connectivity index (χ1) is 13.4. The molecule has 1 amide bonds. The van der Waals surface area contributed by atoms with E-state index in [1.165, 1.54) is 7.11 Å². The summed E-state index contributed by atoms with van der Waals surface area (Å²) < 4.78 is 16.2. The summed E-state index contributed by atoms with van der Waals surface area (Å²) in [4.78, 5) is 23.1. The van der Waals surface area contributed by atoms with Crippen molar-refractivity contribution in [1.82, 2.24) is 0 Å². The van der Waals surface area contributed by atoms with Crippen LogP contribution in [0, 0.1) is 5.92 Å². The third-order valence-electron chi connectivity index (χ3n) is 3.83. The molecule has 0 unspecified atom stereocenters. The lowest BCUT2D eigenvalue weighted by Crippen LogP contribution is -2.13. The minimum Gasteiger partial charge on any atom is -0.493 e. The van der Waals surface area contributed by atoms with Gasteiger partial charge in [0.1, 0.15) is 5.75 Å². The van der Waals surface area contributed by atoms with E-state index < -0.39 is 12.6 Å². The Labute approximate surface area is 164 Å². The lowest BCUT2D eigenvalue weighted by Gasteiger charge is -2.13. The summed E-state index contributed by atoms with van der Waals surface area (Å²) in [6, 6.07) is 11.5. The van der Waals surface area contributed by atoms with Crippen LogP contribution in [0.2, 0.25) is 0 Å². The van der Waals surface area contributed by atoms with Gasteiger partial charge in [0.15, 0.2) is 18.1 Å². The van der Waals surface area contributed by atoms with Crippen molar-refractivity contribution >= 4 is 17.6 Å². The number of benzene rings is 2. The van der Waals surface area contributed by atoms with Gasteiger partial charge in [-0.1, -0.05) is 19.9 Å². The molecule has 2 rings (SSSR count). The Morgan fingerprint density at radius 3 is 2.54 bits per heavy atom. The molecular formula is C21H25NO6. The molecule has 0 aromatic heterocycles. The van der Waals surface area contributed by atoms with Crippen LogP contribution in [-0.4, -0.2) is 37.3 Å². The summed E-state index contributed by atoms with van der Waals surface area (Å²) in [7, 11) is 1.52. The van der Waals surface area contributed by atoms with Crippen LogP contribution < -0.4 is 19.5 Å². The average Bonchev–Trinajstić information content (AvgIpc) is 2.66. The van der Waals surface area contributed by atoms with Crippen molar-refractivity contribution in [1.29, 1.82) is 0 Å². The van der Waals surface area contributed by atoms with E-state index >= 15 is 0 Å². The van der Waals surface area contributed by atoms with Crippen LogP contribution in [0.3, 0.4) is 0 Å². The third-order valence-corrected chi connectivity index (χ3v) is 3.83. The molecule has 0 aliphatic heterocycles. The Morgan fingerprint density at radius 1 is 1.07 bits per heavy atom. The highest BCUT2D eigenvalue weighted by Crippen LogP contribution is 2.29. The molecule has 2 aromatic rings. The highest BCUT2D eigenvalue weighted by molar-refractivity contribution is 6.04. The van der Waals surface area contributed by atoms with E-state index in [1.54, 1.807) is 42.5 Å². The highest BCUT2D eigenvalue weighted by Gasteiger charge is 2.12. The Morgan fingerprint density at radius 2 is 1.86 bits per heavy atom. The molecule has 0 radical (unpaired) electrons. The molecule has 2 aromatic carbocycles. The summed E-state index contributed by atoms with van der Waals surface area (Å²) in [6.07, 6.45) is 0.922. The SMILES string of the molecule is COc1cc(C(=O)Nc2cccc(OCC(=O)O)c2)ccc1OCCC(C)C. The molecule has 0 saturated carbocycles. The van der Waals surface area contributed by atoms with Gasteiger partial charge in [-0.2, -0.15) is 0 Å². The fourth-order valence-corrected chi connectivity index (χ4v) is 2.34. The second-order valence-electron chi connectivity index (χ2n) is 6.56. The van der Waals surface area contributed by atoms with Crippen LogP contribution in [0.4, 0.5) is 5.69 Å². The van der Waals surface area contributed by atoms with Crippen LogP contribution in [0.15, 0.2) is 42.5 Å². The number of anilines is 1. The van der Waals surface area contributed by atoms with Gasteiger partial charge in [0.05, 0.1) is 13.7 Å². The molecule has 0 aliphatic carbocycles. The summed E-state index contributed by atoms with van der Waals surface area (Å²) in [6.45, 7) is 4.36. The number of hydrogen-bond donors (Lipinski definition) is 2. The smallest absolute Gasteiger partial charge is 0.341 e. The first-order valence-electron chi connectivity index (χ1n) is 8.96. The van der Waals surface area contributed by atoms with E-state index in [9.17, 15) is 9.59 Å². The molecule has 150 valence electrons. The maximum Gasteiger partial charge on any atom is 0.341 e. The molecule has 0 bridgehead atoms. The number of carbonyl (C=O) groups excluding carboxylic acids is 1. The quantitative estimate of drug-likeness (QED) is 0.643. The molecular weight excluding hydrogens is 362 g/mol. The van der Waals surface area contributed by atoms with Gasteiger partial charge in [0.25, 0.3) is 5.91 Å². The number of amides is 1. The summed E-state index contributed by atoms with van der Waals surface area (Å²) in [5.74, 6) is 0.552. The van der Waals surface area contributed by atoms with E-state index in [0.717, 1.165) is 6.42 Å².